The lowest BCUT2D eigenvalue weighted by molar-refractivity contribution is 0.775. The Balaban J connectivity index is 1.78. The van der Waals surface area contributed by atoms with Gasteiger partial charge >= 0.3 is 0 Å². The molecule has 0 saturated heterocycles. The van der Waals surface area contributed by atoms with Crippen molar-refractivity contribution in [3.05, 3.63) is 58.6 Å². The third-order valence-electron chi connectivity index (χ3n) is 3.43. The van der Waals surface area contributed by atoms with Crippen molar-refractivity contribution in [3.63, 3.8) is 0 Å². The highest BCUT2D eigenvalue weighted by molar-refractivity contribution is 6.31. The first-order chi connectivity index (χ1) is 8.72. The van der Waals surface area contributed by atoms with Gasteiger partial charge in [-0.1, -0.05) is 35.9 Å². The second-order valence-corrected chi connectivity index (χ2v) is 5.19. The maximum Gasteiger partial charge on any atom is 0.0591 e. The van der Waals surface area contributed by atoms with Gasteiger partial charge in [0.15, 0.2) is 0 Å². The fourth-order valence-corrected chi connectivity index (χ4v) is 2.71. The summed E-state index contributed by atoms with van der Waals surface area (Å²) in [6.07, 6.45) is 2.09. The summed E-state index contributed by atoms with van der Waals surface area (Å²) >= 11 is 6.00. The van der Waals surface area contributed by atoms with Gasteiger partial charge in [-0.2, -0.15) is 0 Å². The summed E-state index contributed by atoms with van der Waals surface area (Å²) in [6, 6.07) is 14.5. The average Bonchev–Trinajstić information content (AvgIpc) is 2.76. The van der Waals surface area contributed by atoms with Crippen LogP contribution >= 0.6 is 11.6 Å². The molecule has 0 unspecified atom stereocenters. The average molecular weight is 259 g/mol. The largest absolute Gasteiger partial charge is 0.397 e. The maximum atomic E-state index is 6.00. The molecule has 18 heavy (non-hydrogen) atoms. The van der Waals surface area contributed by atoms with E-state index in [1.54, 1.807) is 0 Å². The Morgan fingerprint density at radius 2 is 1.72 bits per heavy atom. The molecule has 3 rings (SSSR count). The molecule has 2 aromatic carbocycles. The molecule has 3 N–H and O–H groups in total. The highest BCUT2D eigenvalue weighted by atomic mass is 35.5. The summed E-state index contributed by atoms with van der Waals surface area (Å²) in [5.74, 6) is 0. The van der Waals surface area contributed by atoms with Crippen LogP contribution in [0.4, 0.5) is 11.4 Å². The highest BCUT2D eigenvalue weighted by Gasteiger charge is 2.21. The first kappa shape index (κ1) is 11.4. The Bertz CT molecular complexity index is 555. The summed E-state index contributed by atoms with van der Waals surface area (Å²) in [5, 5.41) is 4.20. The number of nitrogens with one attached hydrogen (secondary N) is 1. The first-order valence-corrected chi connectivity index (χ1v) is 6.48. The molecule has 0 heterocycles. The van der Waals surface area contributed by atoms with Crippen molar-refractivity contribution in [1.29, 1.82) is 0 Å². The zero-order chi connectivity index (χ0) is 12.5. The van der Waals surface area contributed by atoms with E-state index in [1.807, 2.05) is 18.2 Å². The van der Waals surface area contributed by atoms with Crippen molar-refractivity contribution in [2.24, 2.45) is 0 Å². The second kappa shape index (κ2) is 4.54. The normalized spacial score (nSPS) is 14.5. The van der Waals surface area contributed by atoms with Crippen LogP contribution in [0.2, 0.25) is 5.02 Å². The minimum absolute atomic E-state index is 0.406. The van der Waals surface area contributed by atoms with Crippen molar-refractivity contribution in [3.8, 4) is 0 Å². The maximum absolute atomic E-state index is 6.00. The molecule has 0 saturated carbocycles. The lowest BCUT2D eigenvalue weighted by Crippen LogP contribution is -2.20. The van der Waals surface area contributed by atoms with E-state index in [0.717, 1.165) is 24.2 Å². The number of anilines is 2. The van der Waals surface area contributed by atoms with Crippen LogP contribution in [0.5, 0.6) is 0 Å². The van der Waals surface area contributed by atoms with Gasteiger partial charge in [0.25, 0.3) is 0 Å². The van der Waals surface area contributed by atoms with Crippen LogP contribution in [-0.2, 0) is 12.8 Å². The molecule has 1 aliphatic rings. The van der Waals surface area contributed by atoms with Crippen LogP contribution in [0.15, 0.2) is 42.5 Å². The summed E-state index contributed by atoms with van der Waals surface area (Å²) in [7, 11) is 0. The van der Waals surface area contributed by atoms with Crippen LogP contribution < -0.4 is 11.1 Å². The van der Waals surface area contributed by atoms with Crippen molar-refractivity contribution < 1.29 is 0 Å². The fraction of sp³-hybridized carbons (Fsp3) is 0.200. The Morgan fingerprint density at radius 3 is 2.39 bits per heavy atom. The van der Waals surface area contributed by atoms with E-state index in [1.165, 1.54) is 11.1 Å². The number of halogens is 1. The van der Waals surface area contributed by atoms with Gasteiger partial charge in [0.2, 0.25) is 0 Å². The molecule has 0 radical (unpaired) electrons. The van der Waals surface area contributed by atoms with Crippen molar-refractivity contribution in [2.45, 2.75) is 18.9 Å². The number of nitrogen functional groups attached to an aromatic ring is 1. The second-order valence-electron chi connectivity index (χ2n) is 4.75. The zero-order valence-corrected chi connectivity index (χ0v) is 10.7. The van der Waals surface area contributed by atoms with E-state index in [-0.39, 0.29) is 0 Å². The van der Waals surface area contributed by atoms with Gasteiger partial charge in [-0.25, -0.2) is 0 Å². The van der Waals surface area contributed by atoms with Gasteiger partial charge in [0.05, 0.1) is 11.4 Å². The van der Waals surface area contributed by atoms with Gasteiger partial charge in [0.1, 0.15) is 0 Å². The molecule has 0 spiro atoms. The number of benzene rings is 2. The van der Waals surface area contributed by atoms with E-state index in [9.17, 15) is 0 Å². The predicted octanol–water partition coefficient (Wildman–Crippen LogP) is 3.50. The zero-order valence-electron chi connectivity index (χ0n) is 9.99. The molecule has 0 aromatic heterocycles. The number of hydrogen-bond donors (Lipinski definition) is 2. The van der Waals surface area contributed by atoms with E-state index >= 15 is 0 Å². The summed E-state index contributed by atoms with van der Waals surface area (Å²) in [6.45, 7) is 0. The third kappa shape index (κ3) is 2.16. The van der Waals surface area contributed by atoms with E-state index in [4.69, 9.17) is 17.3 Å². The minimum Gasteiger partial charge on any atom is -0.397 e. The lowest BCUT2D eigenvalue weighted by Gasteiger charge is -2.15. The number of nitrogens with two attached hydrogens (primary N) is 1. The molecule has 0 aliphatic heterocycles. The SMILES string of the molecule is Nc1ccc(Cl)cc1NC1Cc2ccccc2C1. The quantitative estimate of drug-likeness (QED) is 0.809. The first-order valence-electron chi connectivity index (χ1n) is 6.11. The Kier molecular flexibility index (Phi) is 2.88. The summed E-state index contributed by atoms with van der Waals surface area (Å²) < 4.78 is 0. The molecule has 3 heteroatoms. The molecular formula is C15H15ClN2. The summed E-state index contributed by atoms with van der Waals surface area (Å²) in [5.41, 5.74) is 10.5. The van der Waals surface area contributed by atoms with Crippen LogP contribution in [0.1, 0.15) is 11.1 Å². The number of hydrogen-bond acceptors (Lipinski definition) is 2. The van der Waals surface area contributed by atoms with Gasteiger partial charge in [-0.3, -0.25) is 0 Å². The molecule has 0 amide bonds. The summed E-state index contributed by atoms with van der Waals surface area (Å²) in [4.78, 5) is 0. The molecule has 2 nitrogen and oxygen atoms in total. The minimum atomic E-state index is 0.406. The van der Waals surface area contributed by atoms with Gasteiger partial charge in [-0.15, -0.1) is 0 Å². The molecule has 0 fully saturated rings. The molecule has 0 bridgehead atoms. The number of fused-ring (bicyclic) bond motifs is 1. The van der Waals surface area contributed by atoms with Gasteiger partial charge < -0.3 is 11.1 Å². The Hall–Kier alpha value is -1.67. The van der Waals surface area contributed by atoms with E-state index in [0.29, 0.717) is 11.1 Å². The van der Waals surface area contributed by atoms with Crippen molar-refractivity contribution in [1.82, 2.24) is 0 Å². The van der Waals surface area contributed by atoms with Crippen LogP contribution in [0.25, 0.3) is 0 Å². The lowest BCUT2D eigenvalue weighted by atomic mass is 10.1. The molecule has 0 atom stereocenters. The molecular weight excluding hydrogens is 244 g/mol. The number of rotatable bonds is 2. The topological polar surface area (TPSA) is 38.0 Å². The molecule has 92 valence electrons. The molecule has 1 aliphatic carbocycles. The highest BCUT2D eigenvalue weighted by Crippen LogP contribution is 2.28. The third-order valence-corrected chi connectivity index (χ3v) is 3.66. The van der Waals surface area contributed by atoms with Crippen LogP contribution in [0.3, 0.4) is 0 Å². The van der Waals surface area contributed by atoms with Crippen LogP contribution in [0, 0.1) is 0 Å². The Labute approximate surface area is 112 Å². The van der Waals surface area contributed by atoms with E-state index in [2.05, 4.69) is 29.6 Å². The predicted molar refractivity (Wildman–Crippen MR) is 77.1 cm³/mol. The van der Waals surface area contributed by atoms with Gasteiger partial charge in [0, 0.05) is 11.1 Å². The monoisotopic (exact) mass is 258 g/mol. The van der Waals surface area contributed by atoms with Crippen molar-refractivity contribution >= 4 is 23.0 Å². The fourth-order valence-electron chi connectivity index (χ4n) is 2.53. The smallest absolute Gasteiger partial charge is 0.0591 e. The van der Waals surface area contributed by atoms with Crippen molar-refractivity contribution in [2.75, 3.05) is 11.1 Å². The van der Waals surface area contributed by atoms with Crippen LogP contribution in [-0.4, -0.2) is 6.04 Å². The van der Waals surface area contributed by atoms with E-state index < -0.39 is 0 Å². The molecule has 2 aromatic rings. The standard InChI is InChI=1S/C15H15ClN2/c16-12-5-6-14(17)15(9-12)18-13-7-10-3-1-2-4-11(10)8-13/h1-6,9,13,18H,7-8,17H2. The van der Waals surface area contributed by atoms with Gasteiger partial charge in [-0.05, 0) is 42.2 Å². The Morgan fingerprint density at radius 1 is 1.06 bits per heavy atom.